The van der Waals surface area contributed by atoms with Crippen molar-refractivity contribution in [2.75, 3.05) is 0 Å². The summed E-state index contributed by atoms with van der Waals surface area (Å²) in [6, 6.07) is 51.2. The van der Waals surface area contributed by atoms with Gasteiger partial charge in [0.15, 0.2) is 5.58 Å². The number of benzene rings is 6. The van der Waals surface area contributed by atoms with Gasteiger partial charge < -0.3 is 9.52 Å². The Balaban J connectivity index is 1.20. The van der Waals surface area contributed by atoms with E-state index in [0.29, 0.717) is 17.0 Å². The summed E-state index contributed by atoms with van der Waals surface area (Å²) in [5, 5.41) is 12.0. The maximum Gasteiger partial charge on any atom is 0.231 e. The summed E-state index contributed by atoms with van der Waals surface area (Å²) in [5.74, 6) is 0.561. The molecule has 0 amide bonds. The van der Waals surface area contributed by atoms with Crippen LogP contribution in [0.3, 0.4) is 0 Å². The van der Waals surface area contributed by atoms with Crippen LogP contribution in [0.2, 0.25) is 0 Å². The van der Waals surface area contributed by atoms with E-state index in [0.717, 1.165) is 55.7 Å². The van der Waals surface area contributed by atoms with Gasteiger partial charge in [-0.2, -0.15) is 0 Å². The minimum Gasteiger partial charge on any atom is -0.507 e. The molecule has 2 heterocycles. The van der Waals surface area contributed by atoms with Gasteiger partial charge >= 0.3 is 0 Å². The lowest BCUT2D eigenvalue weighted by atomic mass is 9.78. The van der Waals surface area contributed by atoms with E-state index in [1.165, 1.54) is 16.7 Å². The zero-order chi connectivity index (χ0) is 41.7. The minimum absolute atomic E-state index is 0.0333. The number of hydrogen-bond acceptors (Lipinski definition) is 4. The van der Waals surface area contributed by atoms with Crippen LogP contribution in [0, 0.1) is 0 Å². The van der Waals surface area contributed by atoms with Gasteiger partial charge in [0.1, 0.15) is 11.3 Å². The highest BCUT2D eigenvalue weighted by Crippen LogP contribution is 2.44. The number of phenols is 1. The molecule has 0 spiro atoms. The molecule has 0 bridgehead atoms. The highest BCUT2D eigenvalue weighted by Gasteiger charge is 2.27. The fraction of sp³-hybridized carbons (Fsp3) is 0.236. The fourth-order valence-electron chi connectivity index (χ4n) is 8.03. The van der Waals surface area contributed by atoms with E-state index in [1.54, 1.807) is 0 Å². The lowest BCUT2D eigenvalue weighted by molar-refractivity contribution is 0.463. The molecule has 2 aromatic heterocycles. The Hall–Kier alpha value is -6.26. The number of rotatable bonds is 8. The Bertz CT molecular complexity index is 2770. The predicted octanol–water partition coefficient (Wildman–Crippen LogP) is 14.7. The summed E-state index contributed by atoms with van der Waals surface area (Å²) in [5.41, 5.74) is 14.6. The summed E-state index contributed by atoms with van der Waals surface area (Å²) < 4.78 is 6.55. The molecule has 4 heteroatoms. The SMILES string of the molecule is CC(c1ccccc1)c1cc(C(C)(C)C)cc(-c2nc3c(-c4cc(-c5cc(-c6ccc(C(C)(C)c7ccccc7)cc6)ccn5)cc(C(C)(C)C)c4)cccc3o2)c1O. The lowest BCUT2D eigenvalue weighted by Gasteiger charge is -2.26. The first-order valence-corrected chi connectivity index (χ1v) is 20.7. The van der Waals surface area contributed by atoms with Crippen LogP contribution in [-0.4, -0.2) is 15.1 Å². The van der Waals surface area contributed by atoms with Gasteiger partial charge in [0.25, 0.3) is 0 Å². The molecule has 6 aromatic carbocycles. The van der Waals surface area contributed by atoms with Crippen LogP contribution in [0.1, 0.15) is 102 Å². The molecule has 0 radical (unpaired) electrons. The van der Waals surface area contributed by atoms with Crippen molar-refractivity contribution in [3.8, 4) is 50.7 Å². The van der Waals surface area contributed by atoms with Crippen molar-refractivity contribution in [1.29, 1.82) is 0 Å². The van der Waals surface area contributed by atoms with E-state index in [1.807, 2.05) is 42.6 Å². The van der Waals surface area contributed by atoms with E-state index in [-0.39, 0.29) is 27.9 Å². The molecule has 0 aliphatic heterocycles. The van der Waals surface area contributed by atoms with Gasteiger partial charge in [-0.05, 0) is 91.7 Å². The monoisotopic (exact) mass is 774 g/mol. The van der Waals surface area contributed by atoms with Crippen LogP contribution < -0.4 is 0 Å². The van der Waals surface area contributed by atoms with E-state index < -0.39 is 0 Å². The first-order valence-electron chi connectivity index (χ1n) is 20.7. The number of oxazole rings is 1. The molecule has 0 saturated heterocycles. The third kappa shape index (κ3) is 7.84. The summed E-state index contributed by atoms with van der Waals surface area (Å²) in [6.45, 7) is 20.0. The Morgan fingerprint density at radius 3 is 1.83 bits per heavy atom. The second-order valence-electron chi connectivity index (χ2n) is 18.6. The van der Waals surface area contributed by atoms with Crippen LogP contribution in [0.15, 0.2) is 156 Å². The zero-order valence-corrected chi connectivity index (χ0v) is 35.8. The van der Waals surface area contributed by atoms with Gasteiger partial charge in [-0.15, -0.1) is 0 Å². The first-order chi connectivity index (χ1) is 28.1. The molecule has 8 rings (SSSR count). The number of pyridine rings is 1. The van der Waals surface area contributed by atoms with Crippen molar-refractivity contribution in [2.45, 2.75) is 84.5 Å². The topological polar surface area (TPSA) is 59.2 Å². The largest absolute Gasteiger partial charge is 0.507 e. The number of hydrogen-bond donors (Lipinski definition) is 1. The van der Waals surface area contributed by atoms with Gasteiger partial charge in [0.05, 0.1) is 11.3 Å². The van der Waals surface area contributed by atoms with Gasteiger partial charge in [-0.25, -0.2) is 4.98 Å². The highest BCUT2D eigenvalue weighted by molar-refractivity contribution is 5.93. The summed E-state index contributed by atoms with van der Waals surface area (Å²) >= 11 is 0. The molecule has 0 aliphatic carbocycles. The number of aromatic hydroxyl groups is 1. The predicted molar refractivity (Wildman–Crippen MR) is 245 cm³/mol. The fourth-order valence-corrected chi connectivity index (χ4v) is 8.03. The summed E-state index contributed by atoms with van der Waals surface area (Å²) in [7, 11) is 0. The molecule has 0 aliphatic rings. The van der Waals surface area contributed by atoms with Crippen LogP contribution in [-0.2, 0) is 16.2 Å². The van der Waals surface area contributed by atoms with Crippen molar-refractivity contribution in [2.24, 2.45) is 0 Å². The van der Waals surface area contributed by atoms with Crippen molar-refractivity contribution in [3.05, 3.63) is 185 Å². The Morgan fingerprint density at radius 2 is 1.15 bits per heavy atom. The molecular formula is C55H54N2O2. The molecule has 8 aromatic rings. The number of fused-ring (bicyclic) bond motifs is 1. The Morgan fingerprint density at radius 1 is 0.525 bits per heavy atom. The number of phenolic OH excluding ortho intramolecular Hbond substituents is 1. The molecule has 1 atom stereocenters. The first kappa shape index (κ1) is 39.6. The van der Waals surface area contributed by atoms with E-state index in [4.69, 9.17) is 14.4 Å². The number of aromatic nitrogens is 2. The molecule has 0 saturated carbocycles. The van der Waals surface area contributed by atoms with E-state index in [2.05, 4.69) is 172 Å². The van der Waals surface area contributed by atoms with Gasteiger partial charge in [0, 0.05) is 34.2 Å². The maximum absolute atomic E-state index is 12.0. The Labute approximate surface area is 349 Å². The third-order valence-corrected chi connectivity index (χ3v) is 12.0. The zero-order valence-electron chi connectivity index (χ0n) is 35.8. The summed E-state index contributed by atoms with van der Waals surface area (Å²) in [6.07, 6.45) is 1.91. The van der Waals surface area contributed by atoms with Crippen molar-refractivity contribution >= 4 is 11.1 Å². The molecule has 1 N–H and O–H groups in total. The van der Waals surface area contributed by atoms with Crippen molar-refractivity contribution in [3.63, 3.8) is 0 Å². The number of para-hydroxylation sites is 1. The quantitative estimate of drug-likeness (QED) is 0.167. The second-order valence-corrected chi connectivity index (χ2v) is 18.6. The average Bonchev–Trinajstić information content (AvgIpc) is 3.68. The molecule has 1 unspecified atom stereocenters. The summed E-state index contributed by atoms with van der Waals surface area (Å²) in [4.78, 5) is 10.1. The average molecular weight is 775 g/mol. The second kappa shape index (κ2) is 15.2. The van der Waals surface area contributed by atoms with Crippen LogP contribution >= 0.6 is 0 Å². The van der Waals surface area contributed by atoms with Gasteiger partial charge in [-0.1, -0.05) is 172 Å². The van der Waals surface area contributed by atoms with E-state index in [9.17, 15) is 5.11 Å². The normalized spacial score (nSPS) is 12.8. The van der Waals surface area contributed by atoms with Crippen molar-refractivity contribution < 1.29 is 9.52 Å². The van der Waals surface area contributed by atoms with Gasteiger partial charge in [-0.3, -0.25) is 4.98 Å². The van der Waals surface area contributed by atoms with Gasteiger partial charge in [0.2, 0.25) is 5.89 Å². The standard InChI is InChI=1S/C55H54N2O2/c1-35(36-17-12-10-13-18-36)46-33-44(54(5,6)7)34-47(51(46)58)52-57-50-45(21-16-22-49(50)59-52)39-29-40(31-43(30-39)53(2,3)4)48-32-38(27-28-56-48)37-23-25-42(26-24-37)55(8,9)41-19-14-11-15-20-41/h10-35,58H,1-9H3. The minimum atomic E-state index is -0.164. The molecule has 296 valence electrons. The molecular weight excluding hydrogens is 721 g/mol. The highest BCUT2D eigenvalue weighted by atomic mass is 16.3. The molecule has 4 nitrogen and oxygen atoms in total. The Kier molecular flexibility index (Phi) is 10.2. The smallest absolute Gasteiger partial charge is 0.231 e. The molecule has 59 heavy (non-hydrogen) atoms. The third-order valence-electron chi connectivity index (χ3n) is 12.0. The maximum atomic E-state index is 12.0. The number of nitrogens with zero attached hydrogens (tertiary/aromatic N) is 2. The molecule has 0 fully saturated rings. The van der Waals surface area contributed by atoms with Crippen molar-refractivity contribution in [1.82, 2.24) is 9.97 Å². The van der Waals surface area contributed by atoms with E-state index >= 15 is 0 Å². The van der Waals surface area contributed by atoms with Crippen LogP contribution in [0.5, 0.6) is 5.75 Å². The van der Waals surface area contributed by atoms with Crippen LogP contribution in [0.4, 0.5) is 0 Å². The van der Waals surface area contributed by atoms with Crippen LogP contribution in [0.25, 0.3) is 56.1 Å². The lowest BCUT2D eigenvalue weighted by Crippen LogP contribution is -2.18.